The van der Waals surface area contributed by atoms with Gasteiger partial charge in [0, 0.05) is 6.54 Å². The molecule has 0 unspecified atom stereocenters. The predicted octanol–water partition coefficient (Wildman–Crippen LogP) is 3.60. The van der Waals surface area contributed by atoms with E-state index in [1.807, 2.05) is 0 Å². The smallest absolute Gasteiger partial charge is 0.333 e. The highest BCUT2D eigenvalue weighted by Gasteiger charge is 2.20. The number of anilines is 1. The van der Waals surface area contributed by atoms with Crippen molar-refractivity contribution in [3.63, 3.8) is 0 Å². The maximum Gasteiger partial charge on any atom is 0.333 e. The molecule has 0 aliphatic heterocycles. The van der Waals surface area contributed by atoms with Crippen molar-refractivity contribution in [1.29, 1.82) is 0 Å². The van der Waals surface area contributed by atoms with Crippen LogP contribution in [0.3, 0.4) is 0 Å². The van der Waals surface area contributed by atoms with Crippen molar-refractivity contribution < 1.29 is 9.66 Å². The maximum atomic E-state index is 11.1. The molecule has 0 spiro atoms. The van der Waals surface area contributed by atoms with Crippen LogP contribution in [0.1, 0.15) is 32.1 Å². The Bertz CT molecular complexity index is 442. The maximum absolute atomic E-state index is 11.1. The minimum Gasteiger partial charge on any atom is -0.490 e. The van der Waals surface area contributed by atoms with Crippen LogP contribution in [0.4, 0.5) is 11.4 Å². The van der Waals surface area contributed by atoms with Crippen LogP contribution < -0.4 is 10.1 Å². The Morgan fingerprint density at radius 2 is 2.16 bits per heavy atom. The van der Waals surface area contributed by atoms with Gasteiger partial charge >= 0.3 is 5.69 Å². The van der Waals surface area contributed by atoms with Crippen molar-refractivity contribution in [2.24, 2.45) is 5.92 Å². The van der Waals surface area contributed by atoms with Crippen LogP contribution in [0.5, 0.6) is 5.75 Å². The van der Waals surface area contributed by atoms with Gasteiger partial charge in [-0.05, 0) is 24.5 Å². The Labute approximate surface area is 113 Å². The Kier molecular flexibility index (Phi) is 4.60. The van der Waals surface area contributed by atoms with Gasteiger partial charge in [0.1, 0.15) is 5.69 Å². The second-order valence-electron chi connectivity index (χ2n) is 4.98. The van der Waals surface area contributed by atoms with E-state index in [-0.39, 0.29) is 5.69 Å². The second kappa shape index (κ2) is 6.41. The number of nitro groups is 1. The number of nitrogens with one attached hydrogen (secondary N) is 1. The van der Waals surface area contributed by atoms with Crippen LogP contribution in [0.2, 0.25) is 0 Å². The van der Waals surface area contributed by atoms with E-state index in [9.17, 15) is 10.1 Å². The first-order valence-electron chi connectivity index (χ1n) is 6.77. The molecule has 104 valence electrons. The molecule has 1 aromatic carbocycles. The molecule has 2 rings (SSSR count). The monoisotopic (exact) mass is 264 g/mol. The first kappa shape index (κ1) is 13.6. The van der Waals surface area contributed by atoms with Crippen LogP contribution in [0, 0.1) is 16.0 Å². The number of ether oxygens (including phenoxy) is 1. The van der Waals surface area contributed by atoms with Crippen molar-refractivity contribution in [3.05, 3.63) is 28.3 Å². The Hall–Kier alpha value is -1.78. The highest BCUT2D eigenvalue weighted by molar-refractivity contribution is 5.68. The van der Waals surface area contributed by atoms with Gasteiger partial charge in [-0.3, -0.25) is 10.1 Å². The molecule has 0 atom stereocenters. The number of benzene rings is 1. The molecule has 1 fully saturated rings. The average Bonchev–Trinajstić information content (AvgIpc) is 2.91. The molecule has 19 heavy (non-hydrogen) atoms. The summed E-state index contributed by atoms with van der Waals surface area (Å²) in [5, 5.41) is 14.3. The van der Waals surface area contributed by atoms with Gasteiger partial charge in [-0.2, -0.15) is 0 Å². The van der Waals surface area contributed by atoms with Gasteiger partial charge in [0.05, 0.1) is 12.0 Å². The zero-order valence-electron chi connectivity index (χ0n) is 11.2. The second-order valence-corrected chi connectivity index (χ2v) is 4.98. The third-order valence-corrected chi connectivity index (χ3v) is 3.74. The van der Waals surface area contributed by atoms with E-state index in [1.54, 1.807) is 18.2 Å². The summed E-state index contributed by atoms with van der Waals surface area (Å²) < 4.78 is 5.05. The summed E-state index contributed by atoms with van der Waals surface area (Å²) in [4.78, 5) is 10.7. The Morgan fingerprint density at radius 3 is 2.79 bits per heavy atom. The van der Waals surface area contributed by atoms with Gasteiger partial charge in [-0.25, -0.2) is 0 Å². The molecule has 0 amide bonds. The molecule has 1 saturated carbocycles. The lowest BCUT2D eigenvalue weighted by Gasteiger charge is -2.12. The third-order valence-electron chi connectivity index (χ3n) is 3.74. The molecule has 0 radical (unpaired) electrons. The summed E-state index contributed by atoms with van der Waals surface area (Å²) in [5.41, 5.74) is 0.568. The minimum absolute atomic E-state index is 0.0245. The van der Waals surface area contributed by atoms with E-state index in [1.165, 1.54) is 32.8 Å². The van der Waals surface area contributed by atoms with Gasteiger partial charge in [0.2, 0.25) is 0 Å². The molecule has 1 N–H and O–H groups in total. The molecule has 0 aromatic heterocycles. The van der Waals surface area contributed by atoms with Crippen LogP contribution in [-0.4, -0.2) is 18.6 Å². The molecule has 1 aromatic rings. The number of methoxy groups -OCH3 is 1. The topological polar surface area (TPSA) is 64.4 Å². The normalized spacial score (nSPS) is 15.4. The molecule has 0 heterocycles. The molecule has 5 nitrogen and oxygen atoms in total. The number of hydrogen-bond acceptors (Lipinski definition) is 4. The first-order valence-corrected chi connectivity index (χ1v) is 6.77. The fraction of sp³-hybridized carbons (Fsp3) is 0.571. The average molecular weight is 264 g/mol. The summed E-state index contributed by atoms with van der Waals surface area (Å²) in [7, 11) is 1.45. The molecule has 0 saturated heterocycles. The summed E-state index contributed by atoms with van der Waals surface area (Å²) in [6.45, 7) is 0.776. The molecular weight excluding hydrogens is 244 g/mol. The lowest BCUT2D eigenvalue weighted by atomic mass is 10.0. The van der Waals surface area contributed by atoms with E-state index in [4.69, 9.17) is 4.74 Å². The lowest BCUT2D eigenvalue weighted by Crippen LogP contribution is -2.08. The van der Waals surface area contributed by atoms with E-state index in [0.717, 1.165) is 18.9 Å². The quantitative estimate of drug-likeness (QED) is 0.630. The molecular formula is C14H20N2O3. The van der Waals surface area contributed by atoms with Crippen molar-refractivity contribution in [1.82, 2.24) is 0 Å². The predicted molar refractivity (Wildman–Crippen MR) is 74.7 cm³/mol. The van der Waals surface area contributed by atoms with E-state index in [0.29, 0.717) is 11.4 Å². The van der Waals surface area contributed by atoms with Gasteiger partial charge < -0.3 is 10.1 Å². The largest absolute Gasteiger partial charge is 0.490 e. The number of rotatable bonds is 6. The van der Waals surface area contributed by atoms with Crippen molar-refractivity contribution in [2.75, 3.05) is 19.0 Å². The highest BCUT2D eigenvalue weighted by Crippen LogP contribution is 2.35. The number of nitro benzene ring substituents is 1. The van der Waals surface area contributed by atoms with Crippen molar-refractivity contribution >= 4 is 11.4 Å². The van der Waals surface area contributed by atoms with Gasteiger partial charge in [0.25, 0.3) is 0 Å². The number of nitrogens with zero attached hydrogens (tertiary/aromatic N) is 1. The van der Waals surface area contributed by atoms with E-state index < -0.39 is 4.92 Å². The SMILES string of the molecule is COc1cccc(NCCC2CCCC2)c1[N+](=O)[O-]. The molecule has 1 aliphatic carbocycles. The molecule has 1 aliphatic rings. The fourth-order valence-electron chi connectivity index (χ4n) is 2.73. The highest BCUT2D eigenvalue weighted by atomic mass is 16.6. The van der Waals surface area contributed by atoms with Gasteiger partial charge in [-0.15, -0.1) is 0 Å². The Balaban J connectivity index is 2.00. The minimum atomic E-state index is -0.392. The standard InChI is InChI=1S/C14H20N2O3/c1-19-13-8-4-7-12(14(13)16(17)18)15-10-9-11-5-2-3-6-11/h4,7-8,11,15H,2-3,5-6,9-10H2,1H3. The van der Waals surface area contributed by atoms with Gasteiger partial charge in [0.15, 0.2) is 5.75 Å². The van der Waals surface area contributed by atoms with Crippen LogP contribution in [-0.2, 0) is 0 Å². The summed E-state index contributed by atoms with van der Waals surface area (Å²) in [6, 6.07) is 5.11. The van der Waals surface area contributed by atoms with E-state index in [2.05, 4.69) is 5.32 Å². The molecule has 5 heteroatoms. The van der Waals surface area contributed by atoms with E-state index >= 15 is 0 Å². The lowest BCUT2D eigenvalue weighted by molar-refractivity contribution is -0.384. The molecule has 0 bridgehead atoms. The zero-order valence-corrected chi connectivity index (χ0v) is 11.2. The third kappa shape index (κ3) is 3.36. The van der Waals surface area contributed by atoms with Crippen LogP contribution >= 0.6 is 0 Å². The number of hydrogen-bond donors (Lipinski definition) is 1. The summed E-state index contributed by atoms with van der Waals surface area (Å²) in [6.07, 6.45) is 6.31. The van der Waals surface area contributed by atoms with Crippen LogP contribution in [0.25, 0.3) is 0 Å². The summed E-state index contributed by atoms with van der Waals surface area (Å²) in [5.74, 6) is 1.08. The summed E-state index contributed by atoms with van der Waals surface area (Å²) >= 11 is 0. The fourth-order valence-corrected chi connectivity index (χ4v) is 2.73. The zero-order chi connectivity index (χ0) is 13.7. The Morgan fingerprint density at radius 1 is 1.42 bits per heavy atom. The van der Waals surface area contributed by atoms with Crippen LogP contribution in [0.15, 0.2) is 18.2 Å². The number of para-hydroxylation sites is 1. The van der Waals surface area contributed by atoms with Crippen molar-refractivity contribution in [3.8, 4) is 5.75 Å². The van der Waals surface area contributed by atoms with Gasteiger partial charge in [-0.1, -0.05) is 31.7 Å². The van der Waals surface area contributed by atoms with Crippen molar-refractivity contribution in [2.45, 2.75) is 32.1 Å². The first-order chi connectivity index (χ1) is 9.22.